The number of hydrogen-bond acceptors (Lipinski definition) is 5. The lowest BCUT2D eigenvalue weighted by molar-refractivity contribution is -0.784. The van der Waals surface area contributed by atoms with E-state index in [1.807, 2.05) is 0 Å². The maximum Gasteiger partial charge on any atom is 0.421 e. The van der Waals surface area contributed by atoms with Gasteiger partial charge in [0.25, 0.3) is 0 Å². The smallest absolute Gasteiger partial charge is 0.370 e. The molecule has 2 heterocycles. The maximum atomic E-state index is 15.1. The second-order valence-corrected chi connectivity index (χ2v) is 13.1. The van der Waals surface area contributed by atoms with Crippen LogP contribution >= 0.6 is 0 Å². The molecule has 2 aliphatic heterocycles. The fraction of sp³-hybridized carbons (Fsp3) is 0.464. The Morgan fingerprint density at radius 2 is 1.52 bits per heavy atom. The quantitative estimate of drug-likeness (QED) is 0.100. The molecule has 4 rings (SSSR count). The number of nitrogens with one attached hydrogen (secondary N) is 1. The average molecular weight is 646 g/mol. The van der Waals surface area contributed by atoms with Crippen molar-refractivity contribution in [1.82, 2.24) is 9.21 Å². The molecule has 3 atom stereocenters. The first-order valence-corrected chi connectivity index (χ1v) is 15.5. The summed E-state index contributed by atoms with van der Waals surface area (Å²) in [7, 11) is -5.64. The summed E-state index contributed by atoms with van der Waals surface area (Å²) >= 11 is 0. The van der Waals surface area contributed by atoms with Crippen molar-refractivity contribution in [2.24, 2.45) is 17.4 Å². The van der Waals surface area contributed by atoms with Crippen molar-refractivity contribution in [2.45, 2.75) is 56.0 Å². The molecule has 16 heteroatoms. The minimum Gasteiger partial charge on any atom is -0.370 e. The largest absolute Gasteiger partial charge is 0.421 e. The molecule has 10 nitrogen and oxygen atoms in total. The highest BCUT2D eigenvalue weighted by molar-refractivity contribution is 7.89. The highest BCUT2D eigenvalue weighted by Gasteiger charge is 2.57. The Hall–Kier alpha value is -3.63. The van der Waals surface area contributed by atoms with Crippen LogP contribution < -0.4 is 11.5 Å². The number of piperidine rings is 1. The van der Waals surface area contributed by atoms with Crippen LogP contribution in [-0.4, -0.2) is 78.3 Å². The Morgan fingerprint density at radius 1 is 0.977 bits per heavy atom. The Labute approximate surface area is 251 Å². The number of rotatable bonds is 8. The van der Waals surface area contributed by atoms with Crippen LogP contribution in [0, 0.1) is 40.4 Å². The number of quaternary nitrogens is 1. The number of likely N-dealkylation sites (tertiary alicyclic amines) is 2. The number of guanidine groups is 1. The Bertz CT molecular complexity index is 1530. The van der Waals surface area contributed by atoms with Gasteiger partial charge >= 0.3 is 11.9 Å². The molecule has 5 N–H and O–H groups in total. The molecule has 2 aromatic rings. The zero-order chi connectivity index (χ0) is 32.6. The van der Waals surface area contributed by atoms with Crippen molar-refractivity contribution in [3.8, 4) is 0 Å². The van der Waals surface area contributed by atoms with E-state index < -0.39 is 85.0 Å². The fourth-order valence-electron chi connectivity index (χ4n) is 6.19. The normalized spacial score (nSPS) is 21.9. The lowest BCUT2D eigenvalue weighted by Crippen LogP contribution is -2.67. The zero-order valence-corrected chi connectivity index (χ0v) is 24.7. The van der Waals surface area contributed by atoms with E-state index in [9.17, 15) is 31.2 Å². The summed E-state index contributed by atoms with van der Waals surface area (Å²) < 4.78 is 101. The molecule has 2 aliphatic rings. The molecule has 2 aromatic carbocycles. The summed E-state index contributed by atoms with van der Waals surface area (Å²) in [5.41, 5.74) is 11.7. The number of imide groups is 1. The number of nitrogens with two attached hydrogens (primary N) is 2. The van der Waals surface area contributed by atoms with Crippen molar-refractivity contribution >= 4 is 27.9 Å². The standard InChI is InChI=1S/C28H33F5N6O4S/c1-16-6-5-13-39(16,28(36)41)26(40)19(14-17-7-3-2-4-8-17)38(15-18-9-11-37(12-10-18)27(34)35)44(42,43)25-23(32)21(30)20(29)22(31)24(25)33/h2-4,7-8,16,18-19H,5-6,9-15H2,1H3,(H4-,34,35,36,41)/p+1/t16-,19-,39?/m1/s1. The molecule has 0 aromatic heterocycles. The summed E-state index contributed by atoms with van der Waals surface area (Å²) in [5.74, 6) is -14.4. The van der Waals surface area contributed by atoms with Gasteiger partial charge in [0.2, 0.25) is 15.8 Å². The topological polar surface area (TPSA) is 151 Å². The van der Waals surface area contributed by atoms with Crippen LogP contribution in [0.2, 0.25) is 0 Å². The number of urea groups is 1. The van der Waals surface area contributed by atoms with Crippen molar-refractivity contribution in [2.75, 3.05) is 26.2 Å². The summed E-state index contributed by atoms with van der Waals surface area (Å²) in [6.45, 7) is 1.39. The van der Waals surface area contributed by atoms with E-state index >= 15 is 8.78 Å². The van der Waals surface area contributed by atoms with E-state index in [1.54, 1.807) is 37.3 Å². The van der Waals surface area contributed by atoms with Crippen LogP contribution in [0.3, 0.4) is 0 Å². The van der Waals surface area contributed by atoms with E-state index in [0.29, 0.717) is 22.7 Å². The number of primary amides is 1. The van der Waals surface area contributed by atoms with E-state index in [0.717, 1.165) is 0 Å². The summed E-state index contributed by atoms with van der Waals surface area (Å²) in [5, 5.41) is 7.66. The van der Waals surface area contributed by atoms with E-state index in [4.69, 9.17) is 16.9 Å². The van der Waals surface area contributed by atoms with Crippen LogP contribution in [0.15, 0.2) is 35.2 Å². The summed E-state index contributed by atoms with van der Waals surface area (Å²) in [4.78, 5) is 26.8. The van der Waals surface area contributed by atoms with Gasteiger partial charge in [0.05, 0.1) is 6.54 Å². The first kappa shape index (κ1) is 33.3. The molecule has 240 valence electrons. The van der Waals surface area contributed by atoms with Crippen LogP contribution in [-0.2, 0) is 21.2 Å². The third-order valence-electron chi connectivity index (χ3n) is 8.71. The molecule has 2 saturated heterocycles. The average Bonchev–Trinajstić information content (AvgIpc) is 3.39. The summed E-state index contributed by atoms with van der Waals surface area (Å²) in [6, 6.07) is 4.45. The molecule has 0 saturated carbocycles. The van der Waals surface area contributed by atoms with Crippen molar-refractivity contribution in [3.05, 3.63) is 65.0 Å². The van der Waals surface area contributed by atoms with Crippen LogP contribution in [0.5, 0.6) is 0 Å². The minimum absolute atomic E-state index is 0.0615. The van der Waals surface area contributed by atoms with Gasteiger partial charge in [-0.25, -0.2) is 40.0 Å². The van der Waals surface area contributed by atoms with Crippen molar-refractivity contribution < 1.29 is 44.4 Å². The molecule has 2 fully saturated rings. The SMILES string of the molecule is C[C@@H]1CCC[N+]1(C(N)=O)C(=O)[C@@H](Cc1ccccc1)N(CC1CCN(C(=N)N)CC1)S(=O)(=O)c1c(F)c(F)c(F)c(F)c1F. The van der Waals surface area contributed by atoms with Gasteiger partial charge in [-0.1, -0.05) is 30.3 Å². The molecular weight excluding hydrogens is 611 g/mol. The number of nitrogens with zero attached hydrogens (tertiary/aromatic N) is 3. The molecule has 0 spiro atoms. The van der Waals surface area contributed by atoms with Crippen LogP contribution in [0.1, 0.15) is 38.2 Å². The monoisotopic (exact) mass is 645 g/mol. The molecule has 0 aliphatic carbocycles. The molecule has 44 heavy (non-hydrogen) atoms. The number of carbonyl (C=O) groups excluding carboxylic acids is 2. The fourth-order valence-corrected chi connectivity index (χ4v) is 7.96. The molecule has 3 amide bonds. The van der Waals surface area contributed by atoms with Crippen LogP contribution in [0.25, 0.3) is 0 Å². The van der Waals surface area contributed by atoms with E-state index in [2.05, 4.69) is 0 Å². The number of hydrogen-bond donors (Lipinski definition) is 3. The Balaban J connectivity index is 1.93. The van der Waals surface area contributed by atoms with Gasteiger partial charge in [0.15, 0.2) is 34.1 Å². The third kappa shape index (κ3) is 5.89. The number of carbonyl (C=O) groups is 2. The van der Waals surface area contributed by atoms with Gasteiger partial charge in [0, 0.05) is 38.9 Å². The van der Waals surface area contributed by atoms with Crippen molar-refractivity contribution in [3.63, 3.8) is 0 Å². The van der Waals surface area contributed by atoms with E-state index in [1.165, 1.54) is 4.90 Å². The van der Waals surface area contributed by atoms with Gasteiger partial charge in [-0.3, -0.25) is 5.41 Å². The lowest BCUT2D eigenvalue weighted by Gasteiger charge is -2.40. The number of sulfonamides is 1. The first-order chi connectivity index (χ1) is 20.6. The Kier molecular flexibility index (Phi) is 9.66. The number of amides is 3. The Morgan fingerprint density at radius 3 is 2.00 bits per heavy atom. The van der Waals surface area contributed by atoms with Gasteiger partial charge in [-0.15, -0.1) is 0 Å². The molecule has 0 bridgehead atoms. The minimum atomic E-state index is -5.64. The van der Waals surface area contributed by atoms with Gasteiger partial charge in [-0.05, 0) is 31.2 Å². The molecule has 0 radical (unpaired) electrons. The van der Waals surface area contributed by atoms with Crippen molar-refractivity contribution in [1.29, 1.82) is 5.41 Å². The van der Waals surface area contributed by atoms with Gasteiger partial charge in [-0.2, -0.15) is 8.79 Å². The maximum absolute atomic E-state index is 15.1. The first-order valence-electron chi connectivity index (χ1n) is 14.0. The zero-order valence-electron chi connectivity index (χ0n) is 23.9. The molecular formula is C28H34F5N6O4S+. The predicted molar refractivity (Wildman–Crippen MR) is 149 cm³/mol. The van der Waals surface area contributed by atoms with E-state index in [-0.39, 0.29) is 44.9 Å². The third-order valence-corrected chi connectivity index (χ3v) is 10.6. The highest BCUT2D eigenvalue weighted by atomic mass is 32.2. The second kappa shape index (κ2) is 12.8. The number of benzene rings is 2. The number of halogens is 5. The lowest BCUT2D eigenvalue weighted by atomic mass is 9.95. The van der Waals surface area contributed by atoms with Crippen LogP contribution in [0.4, 0.5) is 26.7 Å². The summed E-state index contributed by atoms with van der Waals surface area (Å²) in [6.07, 6.45) is 0.839. The molecule has 1 unspecified atom stereocenters. The van der Waals surface area contributed by atoms with Gasteiger partial charge < -0.3 is 16.4 Å². The van der Waals surface area contributed by atoms with Gasteiger partial charge in [0.1, 0.15) is 12.1 Å². The highest BCUT2D eigenvalue weighted by Crippen LogP contribution is 2.35. The second-order valence-electron chi connectivity index (χ2n) is 11.3. The predicted octanol–water partition coefficient (Wildman–Crippen LogP) is 3.19.